The highest BCUT2D eigenvalue weighted by Crippen LogP contribution is 2.38. The number of benzene rings is 1. The number of H-pyrrole nitrogens is 1. The van der Waals surface area contributed by atoms with Crippen LogP contribution in [0.3, 0.4) is 0 Å². The van der Waals surface area contributed by atoms with Crippen LogP contribution in [0.25, 0.3) is 11.0 Å². The molecule has 0 aliphatic carbocycles. The van der Waals surface area contributed by atoms with E-state index in [0.717, 1.165) is 5.69 Å². The molecule has 0 saturated heterocycles. The van der Waals surface area contributed by atoms with Crippen molar-refractivity contribution in [3.05, 3.63) is 70.9 Å². The number of hydrogen-bond donors (Lipinski definition) is 1. The molecule has 0 saturated carbocycles. The van der Waals surface area contributed by atoms with E-state index in [1.165, 1.54) is 19.9 Å². The van der Waals surface area contributed by atoms with E-state index in [1.807, 2.05) is 0 Å². The zero-order valence-corrected chi connectivity index (χ0v) is 17.2. The number of furan rings is 1. The second kappa shape index (κ2) is 6.76. The number of carbonyl (C=O) groups is 1. The Kier molecular flexibility index (Phi) is 4.25. The average molecular weight is 426 g/mol. The Labute approximate surface area is 176 Å². The summed E-state index contributed by atoms with van der Waals surface area (Å²) in [6, 6.07) is 5.66. The van der Waals surface area contributed by atoms with Gasteiger partial charge in [0.25, 0.3) is 5.91 Å². The summed E-state index contributed by atoms with van der Waals surface area (Å²) < 4.78 is 39.9. The predicted molar refractivity (Wildman–Crippen MR) is 107 cm³/mol. The van der Waals surface area contributed by atoms with Gasteiger partial charge >= 0.3 is 0 Å². The molecule has 1 aliphatic heterocycles. The number of halogens is 2. The van der Waals surface area contributed by atoms with Crippen LogP contribution in [-0.2, 0) is 12.1 Å². The molecule has 0 unspecified atom stereocenters. The van der Waals surface area contributed by atoms with Crippen molar-refractivity contribution in [3.8, 4) is 0 Å². The monoisotopic (exact) mass is 426 g/mol. The number of aromatic nitrogens is 3. The Hall–Kier alpha value is -3.49. The van der Waals surface area contributed by atoms with Gasteiger partial charge in [-0.15, -0.1) is 0 Å². The Morgan fingerprint density at radius 3 is 2.84 bits per heavy atom. The number of imidazole rings is 1. The molecule has 4 aromatic rings. The van der Waals surface area contributed by atoms with E-state index >= 15 is 0 Å². The number of alkyl halides is 1. The van der Waals surface area contributed by atoms with Gasteiger partial charge in [0.15, 0.2) is 17.1 Å². The molecule has 4 heterocycles. The molecule has 1 N–H and O–H groups in total. The number of carbonyl (C=O) groups excluding carboxylic acids is 1. The molecule has 5 rings (SSSR count). The summed E-state index contributed by atoms with van der Waals surface area (Å²) in [5, 5.41) is 0.586. The van der Waals surface area contributed by atoms with Crippen molar-refractivity contribution in [2.45, 2.75) is 38.9 Å². The maximum absolute atomic E-state index is 14.3. The maximum atomic E-state index is 14.3. The minimum Gasteiger partial charge on any atom is -0.455 e. The van der Waals surface area contributed by atoms with Crippen molar-refractivity contribution in [1.82, 2.24) is 19.9 Å². The summed E-state index contributed by atoms with van der Waals surface area (Å²) in [6.45, 7) is 4.57. The molecule has 1 aromatic carbocycles. The van der Waals surface area contributed by atoms with Crippen molar-refractivity contribution < 1.29 is 22.4 Å². The second-order valence-corrected chi connectivity index (χ2v) is 8.13. The van der Waals surface area contributed by atoms with Gasteiger partial charge in [0.2, 0.25) is 11.7 Å². The molecule has 31 heavy (non-hydrogen) atoms. The highest BCUT2D eigenvalue weighted by molar-refractivity contribution is 5.93. The summed E-state index contributed by atoms with van der Waals surface area (Å²) in [5.74, 6) is -0.759. The minimum absolute atomic E-state index is 0.0352. The molecule has 7 nitrogen and oxygen atoms in total. The Morgan fingerprint density at radius 2 is 2.13 bits per heavy atom. The lowest BCUT2D eigenvalue weighted by Gasteiger charge is -2.33. The Balaban J connectivity index is 1.61. The lowest BCUT2D eigenvalue weighted by molar-refractivity contribution is 0.0628. The van der Waals surface area contributed by atoms with Crippen LogP contribution in [0, 0.1) is 12.7 Å². The van der Waals surface area contributed by atoms with Gasteiger partial charge in [-0.2, -0.15) is 0 Å². The summed E-state index contributed by atoms with van der Waals surface area (Å²) in [5.41, 5.74) is 0.0749. The summed E-state index contributed by atoms with van der Waals surface area (Å²) in [7, 11) is 0. The molecule has 0 fully saturated rings. The maximum Gasteiger partial charge on any atom is 0.292 e. The van der Waals surface area contributed by atoms with E-state index in [9.17, 15) is 13.6 Å². The van der Waals surface area contributed by atoms with Crippen molar-refractivity contribution in [2.24, 2.45) is 0 Å². The minimum atomic E-state index is -1.82. The van der Waals surface area contributed by atoms with Crippen LogP contribution in [0.1, 0.15) is 59.2 Å². The second-order valence-electron chi connectivity index (χ2n) is 8.13. The van der Waals surface area contributed by atoms with Gasteiger partial charge in [0, 0.05) is 24.0 Å². The van der Waals surface area contributed by atoms with Crippen LogP contribution in [-0.4, -0.2) is 32.3 Å². The molecule has 160 valence electrons. The first-order valence-electron chi connectivity index (χ1n) is 9.92. The normalized spacial score (nSPS) is 16.7. The molecule has 1 amide bonds. The number of aryl methyl sites for hydroxylation is 1. The highest BCUT2D eigenvalue weighted by atomic mass is 19.1. The third-order valence-corrected chi connectivity index (χ3v) is 5.47. The summed E-state index contributed by atoms with van der Waals surface area (Å²) >= 11 is 0. The molecule has 3 aromatic heterocycles. The van der Waals surface area contributed by atoms with Crippen molar-refractivity contribution in [1.29, 1.82) is 0 Å². The van der Waals surface area contributed by atoms with E-state index in [1.54, 1.807) is 36.4 Å². The van der Waals surface area contributed by atoms with E-state index in [-0.39, 0.29) is 17.2 Å². The number of oxazole rings is 1. The van der Waals surface area contributed by atoms with Crippen molar-refractivity contribution in [3.63, 3.8) is 0 Å². The van der Waals surface area contributed by atoms with Crippen LogP contribution < -0.4 is 0 Å². The molecule has 0 spiro atoms. The first-order valence-corrected chi connectivity index (χ1v) is 9.92. The quantitative estimate of drug-likeness (QED) is 0.518. The molecule has 0 radical (unpaired) electrons. The topological polar surface area (TPSA) is 88.2 Å². The van der Waals surface area contributed by atoms with Gasteiger partial charge in [-0.3, -0.25) is 4.79 Å². The first-order chi connectivity index (χ1) is 14.7. The van der Waals surface area contributed by atoms with E-state index in [2.05, 4.69) is 15.0 Å². The number of nitrogens with one attached hydrogen (secondary N) is 1. The van der Waals surface area contributed by atoms with Crippen LogP contribution >= 0.6 is 0 Å². The fourth-order valence-electron chi connectivity index (χ4n) is 3.95. The zero-order valence-electron chi connectivity index (χ0n) is 17.2. The number of fused-ring (bicyclic) bond motifs is 2. The number of nitrogens with zero attached hydrogens (tertiary/aromatic N) is 3. The molecule has 1 aliphatic rings. The van der Waals surface area contributed by atoms with Gasteiger partial charge in [-0.25, -0.2) is 18.7 Å². The third-order valence-electron chi connectivity index (χ3n) is 5.47. The number of rotatable bonds is 3. The average Bonchev–Trinajstić information content (AvgIpc) is 3.44. The molecule has 1 atom stereocenters. The molecular weight excluding hydrogens is 406 g/mol. The van der Waals surface area contributed by atoms with E-state index < -0.39 is 23.4 Å². The van der Waals surface area contributed by atoms with E-state index in [0.29, 0.717) is 35.5 Å². The van der Waals surface area contributed by atoms with Gasteiger partial charge in [-0.05, 0) is 32.9 Å². The van der Waals surface area contributed by atoms with Crippen LogP contribution in [0.4, 0.5) is 8.78 Å². The van der Waals surface area contributed by atoms with Gasteiger partial charge in [0.1, 0.15) is 11.8 Å². The fourth-order valence-corrected chi connectivity index (χ4v) is 3.95. The summed E-state index contributed by atoms with van der Waals surface area (Å²) in [4.78, 5) is 26.6. The van der Waals surface area contributed by atoms with Crippen LogP contribution in [0.15, 0.2) is 39.4 Å². The van der Waals surface area contributed by atoms with Crippen LogP contribution in [0.5, 0.6) is 0 Å². The molecular formula is C22H20F2N4O3. The van der Waals surface area contributed by atoms with Gasteiger partial charge in [-0.1, -0.05) is 12.1 Å². The number of aromatic amines is 1. The van der Waals surface area contributed by atoms with Crippen molar-refractivity contribution >= 4 is 16.9 Å². The smallest absolute Gasteiger partial charge is 0.292 e. The van der Waals surface area contributed by atoms with Crippen LogP contribution in [0.2, 0.25) is 0 Å². The Bertz CT molecular complexity index is 1300. The first kappa shape index (κ1) is 19.5. The predicted octanol–water partition coefficient (Wildman–Crippen LogP) is 4.58. The number of hydrogen-bond acceptors (Lipinski definition) is 5. The van der Waals surface area contributed by atoms with Gasteiger partial charge in [0.05, 0.1) is 17.7 Å². The standard InChI is InChI=1S/C22H20F2N4O3/c1-11-18(31-21(27-11)22(2,3)24)20(29)28-8-7-14-16(26-10-25-14)17(28)15-9-12-5-4-6-13(23)19(12)30-15/h4-6,9-10,17H,7-8H2,1-3H3,(H,25,26)/t17-/m1/s1. The van der Waals surface area contributed by atoms with Gasteiger partial charge < -0.3 is 18.7 Å². The fraction of sp³-hybridized carbons (Fsp3) is 0.318. The highest BCUT2D eigenvalue weighted by Gasteiger charge is 2.39. The molecule has 0 bridgehead atoms. The van der Waals surface area contributed by atoms with Crippen molar-refractivity contribution in [2.75, 3.05) is 6.54 Å². The summed E-state index contributed by atoms with van der Waals surface area (Å²) in [6.07, 6.45) is 2.10. The number of amides is 1. The molecule has 9 heteroatoms. The van der Waals surface area contributed by atoms with E-state index in [4.69, 9.17) is 8.83 Å². The largest absolute Gasteiger partial charge is 0.455 e. The SMILES string of the molecule is Cc1nc(C(C)(C)F)oc1C(=O)N1CCc2[nH]cnc2[C@H]1c1cc2cccc(F)c2o1. The Morgan fingerprint density at radius 1 is 1.32 bits per heavy atom. The lowest BCUT2D eigenvalue weighted by Crippen LogP contribution is -2.40. The third kappa shape index (κ3) is 3.11. The zero-order chi connectivity index (χ0) is 21.9. The lowest BCUT2D eigenvalue weighted by atomic mass is 9.99. The number of para-hydroxylation sites is 1.